The van der Waals surface area contributed by atoms with Crippen LogP contribution in [0.2, 0.25) is 5.02 Å². The van der Waals surface area contributed by atoms with Crippen LogP contribution in [0.25, 0.3) is 0 Å². The van der Waals surface area contributed by atoms with Crippen molar-refractivity contribution in [1.82, 2.24) is 5.43 Å². The average Bonchev–Trinajstić information content (AvgIpc) is 2.87. The molecule has 19 heavy (non-hydrogen) atoms. The number of ether oxygens (including phenoxy) is 1. The summed E-state index contributed by atoms with van der Waals surface area (Å²) in [4.78, 5) is 11.2. The van der Waals surface area contributed by atoms with E-state index in [0.29, 0.717) is 17.4 Å². The molecule has 2 rings (SSSR count). The number of amides is 1. The van der Waals surface area contributed by atoms with Crippen molar-refractivity contribution in [2.45, 2.75) is 13.2 Å². The van der Waals surface area contributed by atoms with Gasteiger partial charge in [-0.25, -0.2) is 5.84 Å². The first-order valence-corrected chi connectivity index (χ1v) is 5.98. The molecule has 0 aliphatic rings. The van der Waals surface area contributed by atoms with E-state index in [9.17, 15) is 4.79 Å². The summed E-state index contributed by atoms with van der Waals surface area (Å²) in [6.07, 6.45) is 0. The summed E-state index contributed by atoms with van der Waals surface area (Å²) in [7, 11) is 0. The second-order valence-corrected chi connectivity index (χ2v) is 4.30. The molecule has 0 atom stereocenters. The van der Waals surface area contributed by atoms with Crippen molar-refractivity contribution in [2.24, 2.45) is 5.84 Å². The Morgan fingerprint density at radius 3 is 2.89 bits per heavy atom. The van der Waals surface area contributed by atoms with Crippen molar-refractivity contribution >= 4 is 17.5 Å². The van der Waals surface area contributed by atoms with Crippen molar-refractivity contribution in [1.29, 1.82) is 0 Å². The van der Waals surface area contributed by atoms with Gasteiger partial charge in [-0.1, -0.05) is 23.7 Å². The number of hydrogen-bond acceptors (Lipinski definition) is 4. The molecule has 1 aromatic heterocycles. The minimum Gasteiger partial charge on any atom is -0.453 e. The maximum Gasteiger partial charge on any atom is 0.300 e. The highest BCUT2D eigenvalue weighted by molar-refractivity contribution is 6.30. The maximum atomic E-state index is 11.2. The Kier molecular flexibility index (Phi) is 4.57. The SMILES string of the molecule is NNC(=O)c1ccc(COCc2cccc(Cl)c2)o1. The van der Waals surface area contributed by atoms with Gasteiger partial charge >= 0.3 is 5.91 Å². The van der Waals surface area contributed by atoms with Gasteiger partial charge in [0.1, 0.15) is 12.4 Å². The third-order valence-electron chi connectivity index (χ3n) is 2.42. The molecule has 0 bridgehead atoms. The Bertz CT molecular complexity index is 569. The van der Waals surface area contributed by atoms with Gasteiger partial charge in [0.05, 0.1) is 6.61 Å². The van der Waals surface area contributed by atoms with Gasteiger partial charge in [-0.15, -0.1) is 0 Å². The molecule has 5 nitrogen and oxygen atoms in total. The lowest BCUT2D eigenvalue weighted by Gasteiger charge is -2.03. The van der Waals surface area contributed by atoms with Crippen molar-refractivity contribution in [2.75, 3.05) is 0 Å². The molecule has 6 heteroatoms. The Balaban J connectivity index is 1.86. The highest BCUT2D eigenvalue weighted by atomic mass is 35.5. The second kappa shape index (κ2) is 6.38. The van der Waals surface area contributed by atoms with Crippen LogP contribution in [0, 0.1) is 0 Å². The molecule has 0 saturated heterocycles. The van der Waals surface area contributed by atoms with Gasteiger partial charge in [0.2, 0.25) is 0 Å². The summed E-state index contributed by atoms with van der Waals surface area (Å²) < 4.78 is 10.7. The predicted octanol–water partition coefficient (Wildman–Crippen LogP) is 2.25. The molecule has 3 N–H and O–H groups in total. The van der Waals surface area contributed by atoms with E-state index in [1.165, 1.54) is 0 Å². The molecule has 0 saturated carbocycles. The van der Waals surface area contributed by atoms with Crippen molar-refractivity contribution in [3.05, 3.63) is 58.5 Å². The number of furan rings is 1. The lowest BCUT2D eigenvalue weighted by molar-refractivity contribution is 0.0856. The number of hydrazine groups is 1. The van der Waals surface area contributed by atoms with Gasteiger partial charge in [-0.2, -0.15) is 0 Å². The van der Waals surface area contributed by atoms with Gasteiger partial charge in [0.25, 0.3) is 0 Å². The minimum atomic E-state index is -0.471. The van der Waals surface area contributed by atoms with E-state index in [1.807, 2.05) is 23.6 Å². The fraction of sp³-hybridized carbons (Fsp3) is 0.154. The predicted molar refractivity (Wildman–Crippen MR) is 70.3 cm³/mol. The number of nitrogens with one attached hydrogen (secondary N) is 1. The van der Waals surface area contributed by atoms with Crippen LogP contribution in [0.5, 0.6) is 0 Å². The molecule has 0 aliphatic carbocycles. The second-order valence-electron chi connectivity index (χ2n) is 3.86. The largest absolute Gasteiger partial charge is 0.453 e. The van der Waals surface area contributed by atoms with Crippen LogP contribution in [-0.2, 0) is 18.0 Å². The first-order chi connectivity index (χ1) is 9.19. The summed E-state index contributed by atoms with van der Waals surface area (Å²) in [5, 5.41) is 0.668. The van der Waals surface area contributed by atoms with Crippen LogP contribution in [-0.4, -0.2) is 5.91 Å². The molecule has 0 radical (unpaired) electrons. The number of halogens is 1. The number of carbonyl (C=O) groups is 1. The van der Waals surface area contributed by atoms with Gasteiger partial charge in [0, 0.05) is 5.02 Å². The third-order valence-corrected chi connectivity index (χ3v) is 2.65. The van der Waals surface area contributed by atoms with Gasteiger partial charge in [0.15, 0.2) is 5.76 Å². The molecule has 0 fully saturated rings. The topological polar surface area (TPSA) is 77.5 Å². The first kappa shape index (κ1) is 13.6. The standard InChI is InChI=1S/C13H13ClN2O3/c14-10-3-1-2-9(6-10)7-18-8-11-4-5-12(19-11)13(17)16-15/h1-6H,7-8,15H2,(H,16,17). The monoisotopic (exact) mass is 280 g/mol. The number of nitrogen functional groups attached to an aromatic ring is 1. The number of hydrogen-bond donors (Lipinski definition) is 2. The lowest BCUT2D eigenvalue weighted by Crippen LogP contribution is -2.29. The van der Waals surface area contributed by atoms with Crippen LogP contribution in [0.1, 0.15) is 21.9 Å². The smallest absolute Gasteiger partial charge is 0.300 e. The minimum absolute atomic E-state index is 0.156. The van der Waals surface area contributed by atoms with Crippen molar-refractivity contribution in [3.63, 3.8) is 0 Å². The summed E-state index contributed by atoms with van der Waals surface area (Å²) in [5.74, 6) is 5.24. The number of benzene rings is 1. The van der Waals surface area contributed by atoms with E-state index < -0.39 is 5.91 Å². The Hall–Kier alpha value is -1.82. The number of rotatable bonds is 5. The van der Waals surface area contributed by atoms with E-state index >= 15 is 0 Å². The van der Waals surface area contributed by atoms with Gasteiger partial charge < -0.3 is 9.15 Å². The zero-order chi connectivity index (χ0) is 13.7. The summed E-state index contributed by atoms with van der Waals surface area (Å²) in [5.41, 5.74) is 2.97. The molecule has 1 heterocycles. The van der Waals surface area contributed by atoms with E-state index in [-0.39, 0.29) is 12.4 Å². The molecule has 2 aromatic rings. The van der Waals surface area contributed by atoms with Crippen LogP contribution in [0.4, 0.5) is 0 Å². The van der Waals surface area contributed by atoms with E-state index in [0.717, 1.165) is 5.56 Å². The van der Waals surface area contributed by atoms with Crippen LogP contribution < -0.4 is 11.3 Å². The van der Waals surface area contributed by atoms with Gasteiger partial charge in [-0.05, 0) is 29.8 Å². The maximum absolute atomic E-state index is 11.2. The normalized spacial score (nSPS) is 10.4. The van der Waals surface area contributed by atoms with E-state index in [4.69, 9.17) is 26.6 Å². The molecular weight excluding hydrogens is 268 g/mol. The summed E-state index contributed by atoms with van der Waals surface area (Å²) in [6.45, 7) is 0.685. The molecular formula is C13H13ClN2O3. The van der Waals surface area contributed by atoms with Crippen molar-refractivity contribution in [3.8, 4) is 0 Å². The van der Waals surface area contributed by atoms with Gasteiger partial charge in [-0.3, -0.25) is 10.2 Å². The fourth-order valence-electron chi connectivity index (χ4n) is 1.54. The first-order valence-electron chi connectivity index (χ1n) is 5.61. The highest BCUT2D eigenvalue weighted by Gasteiger charge is 2.09. The highest BCUT2D eigenvalue weighted by Crippen LogP contribution is 2.13. The molecule has 0 spiro atoms. The Morgan fingerprint density at radius 1 is 1.32 bits per heavy atom. The Labute approximate surface area is 115 Å². The molecule has 1 aromatic carbocycles. The molecule has 100 valence electrons. The fourth-order valence-corrected chi connectivity index (χ4v) is 1.76. The van der Waals surface area contributed by atoms with Crippen LogP contribution in [0.3, 0.4) is 0 Å². The number of carbonyl (C=O) groups excluding carboxylic acids is 1. The van der Waals surface area contributed by atoms with E-state index in [2.05, 4.69) is 0 Å². The lowest BCUT2D eigenvalue weighted by atomic mass is 10.2. The Morgan fingerprint density at radius 2 is 2.16 bits per heavy atom. The quantitative estimate of drug-likeness (QED) is 0.500. The van der Waals surface area contributed by atoms with Crippen LogP contribution >= 0.6 is 11.6 Å². The van der Waals surface area contributed by atoms with Crippen molar-refractivity contribution < 1.29 is 13.9 Å². The molecule has 0 unspecified atom stereocenters. The summed E-state index contributed by atoms with van der Waals surface area (Å²) in [6, 6.07) is 10.6. The third kappa shape index (κ3) is 3.82. The van der Waals surface area contributed by atoms with E-state index in [1.54, 1.807) is 18.2 Å². The number of nitrogens with two attached hydrogens (primary N) is 1. The molecule has 0 aliphatic heterocycles. The zero-order valence-corrected chi connectivity index (χ0v) is 10.8. The average molecular weight is 281 g/mol. The summed E-state index contributed by atoms with van der Waals surface area (Å²) >= 11 is 5.86. The zero-order valence-electron chi connectivity index (χ0n) is 10.1. The molecule has 1 amide bonds. The van der Waals surface area contributed by atoms with Crippen LogP contribution in [0.15, 0.2) is 40.8 Å².